The molecule has 0 saturated carbocycles. The molecule has 0 amide bonds. The Morgan fingerprint density at radius 2 is 1.35 bits per heavy atom. The van der Waals surface area contributed by atoms with Gasteiger partial charge in [0.25, 0.3) is 0 Å². The van der Waals surface area contributed by atoms with Gasteiger partial charge in [0.1, 0.15) is 6.83 Å². The standard InChI is InChI=1S/C16H36O2P2/c1-9-11-13-18-19(14-12-10-2)20(17,15(3,4)5)16(6,7)8/h9-14H2,1-8H3. The first-order valence-electron chi connectivity index (χ1n) is 8.03. The Morgan fingerprint density at radius 1 is 0.900 bits per heavy atom. The molecule has 0 fully saturated rings. The van der Waals surface area contributed by atoms with Crippen molar-refractivity contribution in [2.45, 2.75) is 91.4 Å². The van der Waals surface area contributed by atoms with Crippen molar-refractivity contribution in [2.24, 2.45) is 0 Å². The molecule has 0 bridgehead atoms. The van der Waals surface area contributed by atoms with Gasteiger partial charge in [-0.15, -0.1) is 0 Å². The second-order valence-corrected chi connectivity index (χ2v) is 15.8. The summed E-state index contributed by atoms with van der Waals surface area (Å²) in [5, 5.41) is -0.367. The highest BCUT2D eigenvalue weighted by molar-refractivity contribution is 8.32. The van der Waals surface area contributed by atoms with Crippen LogP contribution in [0.15, 0.2) is 0 Å². The largest absolute Gasteiger partial charge is 0.351 e. The molecule has 4 heteroatoms. The van der Waals surface area contributed by atoms with Gasteiger partial charge in [0.15, 0.2) is 0 Å². The van der Waals surface area contributed by atoms with Crippen LogP contribution in [0, 0.1) is 0 Å². The molecule has 0 rings (SSSR count). The Kier molecular flexibility index (Phi) is 8.56. The van der Waals surface area contributed by atoms with E-state index in [0.717, 1.165) is 38.5 Å². The fourth-order valence-corrected chi connectivity index (χ4v) is 13.4. The molecular formula is C16H36O2P2. The third-order valence-corrected chi connectivity index (χ3v) is 15.4. The minimum atomic E-state index is -2.42. The zero-order valence-electron chi connectivity index (χ0n) is 15.0. The van der Waals surface area contributed by atoms with E-state index in [1.54, 1.807) is 0 Å². The molecule has 20 heavy (non-hydrogen) atoms. The molecule has 0 aliphatic rings. The molecule has 122 valence electrons. The average molecular weight is 322 g/mol. The highest BCUT2D eigenvalue weighted by Crippen LogP contribution is 2.87. The average Bonchev–Trinajstić information content (AvgIpc) is 2.29. The second kappa shape index (κ2) is 8.30. The number of hydrogen-bond acceptors (Lipinski definition) is 2. The van der Waals surface area contributed by atoms with Crippen LogP contribution in [0.25, 0.3) is 0 Å². The van der Waals surface area contributed by atoms with E-state index in [9.17, 15) is 4.57 Å². The molecule has 0 aromatic rings. The topological polar surface area (TPSA) is 26.3 Å². The fourth-order valence-electron chi connectivity index (χ4n) is 2.57. The lowest BCUT2D eigenvalue weighted by Crippen LogP contribution is -2.28. The SMILES string of the molecule is CCCCOP(CCCC)P(=O)(C(C)(C)C)C(C)(C)C. The van der Waals surface area contributed by atoms with Crippen LogP contribution in [-0.4, -0.2) is 23.1 Å². The Hall–Kier alpha value is 0.620. The maximum atomic E-state index is 14.0. The fraction of sp³-hybridized carbons (Fsp3) is 1.00. The van der Waals surface area contributed by atoms with E-state index < -0.39 is 14.7 Å². The van der Waals surface area contributed by atoms with Gasteiger partial charge >= 0.3 is 0 Å². The summed E-state index contributed by atoms with van der Waals surface area (Å²) < 4.78 is 20.2. The minimum Gasteiger partial charge on any atom is -0.351 e. The van der Waals surface area contributed by atoms with Crippen molar-refractivity contribution in [3.8, 4) is 0 Å². The van der Waals surface area contributed by atoms with E-state index in [-0.39, 0.29) is 10.3 Å². The van der Waals surface area contributed by atoms with Crippen molar-refractivity contribution < 1.29 is 9.09 Å². The van der Waals surface area contributed by atoms with Gasteiger partial charge in [-0.05, 0) is 19.0 Å². The van der Waals surface area contributed by atoms with Crippen molar-refractivity contribution in [3.63, 3.8) is 0 Å². The monoisotopic (exact) mass is 322 g/mol. The van der Waals surface area contributed by atoms with Gasteiger partial charge in [-0.3, -0.25) is 0 Å². The summed E-state index contributed by atoms with van der Waals surface area (Å²) in [6, 6.07) is 0. The Labute approximate surface area is 128 Å². The van der Waals surface area contributed by atoms with Crippen LogP contribution < -0.4 is 0 Å². The molecule has 0 aliphatic carbocycles. The summed E-state index contributed by atoms with van der Waals surface area (Å²) in [4.78, 5) is 0. The lowest BCUT2D eigenvalue weighted by Gasteiger charge is -2.45. The highest BCUT2D eigenvalue weighted by atomic mass is 32.1. The first kappa shape index (κ1) is 20.6. The summed E-state index contributed by atoms with van der Waals surface area (Å²) in [5.41, 5.74) is 0. The number of rotatable bonds is 8. The summed E-state index contributed by atoms with van der Waals surface area (Å²) in [6.45, 7) is 15.5. The molecule has 0 N–H and O–H groups in total. The lowest BCUT2D eigenvalue weighted by molar-refractivity contribution is 0.345. The van der Waals surface area contributed by atoms with Gasteiger partial charge < -0.3 is 9.09 Å². The quantitative estimate of drug-likeness (QED) is 0.360. The van der Waals surface area contributed by atoms with Crippen molar-refractivity contribution in [1.82, 2.24) is 0 Å². The van der Waals surface area contributed by atoms with Crippen molar-refractivity contribution in [2.75, 3.05) is 12.8 Å². The molecule has 2 nitrogen and oxygen atoms in total. The third-order valence-electron chi connectivity index (χ3n) is 3.57. The van der Waals surface area contributed by atoms with Crippen LogP contribution in [0.1, 0.15) is 81.1 Å². The van der Waals surface area contributed by atoms with Gasteiger partial charge in [0.2, 0.25) is 0 Å². The molecule has 0 aromatic heterocycles. The zero-order valence-corrected chi connectivity index (χ0v) is 16.7. The van der Waals surface area contributed by atoms with E-state index in [4.69, 9.17) is 4.52 Å². The van der Waals surface area contributed by atoms with Crippen molar-refractivity contribution in [1.29, 1.82) is 0 Å². The first-order chi connectivity index (χ1) is 9.02. The Balaban J connectivity index is 5.36. The minimum absolute atomic E-state index is 0.184. The highest BCUT2D eigenvalue weighted by Gasteiger charge is 2.52. The Morgan fingerprint density at radius 3 is 1.70 bits per heavy atom. The predicted molar refractivity (Wildman–Crippen MR) is 94.7 cm³/mol. The first-order valence-corrected chi connectivity index (χ1v) is 11.9. The lowest BCUT2D eigenvalue weighted by atomic mass is 10.2. The summed E-state index contributed by atoms with van der Waals surface area (Å²) in [7, 11) is -0.844. The molecule has 0 heterocycles. The smallest absolute Gasteiger partial charge is 0.143 e. The van der Waals surface area contributed by atoms with Gasteiger partial charge in [0, 0.05) is 10.3 Å². The van der Waals surface area contributed by atoms with Crippen LogP contribution in [0.5, 0.6) is 0 Å². The van der Waals surface area contributed by atoms with Gasteiger partial charge in [-0.1, -0.05) is 68.2 Å². The maximum Gasteiger partial charge on any atom is 0.143 e. The second-order valence-electron chi connectivity index (χ2n) is 7.53. The van der Waals surface area contributed by atoms with E-state index in [0.29, 0.717) is 0 Å². The van der Waals surface area contributed by atoms with Crippen molar-refractivity contribution >= 4 is 14.7 Å². The van der Waals surface area contributed by atoms with Crippen LogP contribution in [0.4, 0.5) is 0 Å². The number of unbranched alkanes of at least 4 members (excludes halogenated alkanes) is 2. The Bertz CT molecular complexity index is 295. The third kappa shape index (κ3) is 5.11. The molecule has 0 saturated heterocycles. The molecule has 1 unspecified atom stereocenters. The van der Waals surface area contributed by atoms with Gasteiger partial charge in [0.05, 0.1) is 14.4 Å². The van der Waals surface area contributed by atoms with Crippen molar-refractivity contribution in [3.05, 3.63) is 0 Å². The summed E-state index contributed by atoms with van der Waals surface area (Å²) >= 11 is 0. The molecule has 0 spiro atoms. The van der Waals surface area contributed by atoms with E-state index in [2.05, 4.69) is 55.4 Å². The maximum absolute atomic E-state index is 14.0. The molecule has 0 radical (unpaired) electrons. The zero-order chi connectivity index (χ0) is 16.0. The van der Waals surface area contributed by atoms with E-state index >= 15 is 0 Å². The predicted octanol–water partition coefficient (Wildman–Crippen LogP) is 6.88. The van der Waals surface area contributed by atoms with Crippen LogP contribution >= 0.6 is 14.7 Å². The molecule has 0 aliphatic heterocycles. The number of hydrogen-bond donors (Lipinski definition) is 0. The molecule has 0 aromatic carbocycles. The normalized spacial score (nSPS) is 15.4. The summed E-state index contributed by atoms with van der Waals surface area (Å²) in [6.07, 6.45) is 5.45. The summed E-state index contributed by atoms with van der Waals surface area (Å²) in [5.74, 6) is 0. The van der Waals surface area contributed by atoms with E-state index in [1.807, 2.05) is 0 Å². The van der Waals surface area contributed by atoms with Crippen LogP contribution in [0.3, 0.4) is 0 Å². The van der Waals surface area contributed by atoms with Crippen LogP contribution in [-0.2, 0) is 9.09 Å². The van der Waals surface area contributed by atoms with E-state index in [1.165, 1.54) is 0 Å². The molecular weight excluding hydrogens is 286 g/mol. The van der Waals surface area contributed by atoms with Crippen LogP contribution in [0.2, 0.25) is 0 Å². The van der Waals surface area contributed by atoms with Gasteiger partial charge in [-0.25, -0.2) is 0 Å². The molecule has 1 atom stereocenters. The van der Waals surface area contributed by atoms with Gasteiger partial charge in [-0.2, -0.15) is 0 Å².